The second-order valence-corrected chi connectivity index (χ2v) is 11.6. The summed E-state index contributed by atoms with van der Waals surface area (Å²) in [5, 5.41) is 9.20. The molecule has 3 fully saturated rings. The van der Waals surface area contributed by atoms with Gasteiger partial charge in [0.25, 0.3) is 0 Å². The number of aliphatic hydroxyl groups excluding tert-OH is 1. The standard InChI is InChI=1S/C26H42N2O5S/c1-6-12-18(5)27(13-7-2)24(31)22-26-17(4)16-19(34-26)20(25(32)33-8-3)21(26)23(30)28(22)14-10-9-11-15-29/h7,17-22,29H,2,6,8-16H2,1,3-5H3/t17?,18?,19-,20+,21+,22?,26?/m1/s1. The van der Waals surface area contributed by atoms with Crippen LogP contribution in [-0.4, -0.2) is 81.1 Å². The highest BCUT2D eigenvalue weighted by atomic mass is 32.2. The SMILES string of the molecule is C=CCN(C(=O)C1N(CCCCCO)C(=O)[C@@H]2[C@@H](C(=O)OCC)[C@H]3CC(C)C12S3)C(C)CCC. The van der Waals surface area contributed by atoms with E-state index in [4.69, 9.17) is 4.74 Å². The van der Waals surface area contributed by atoms with Crippen molar-refractivity contribution in [3.8, 4) is 0 Å². The van der Waals surface area contributed by atoms with Gasteiger partial charge >= 0.3 is 5.97 Å². The predicted molar refractivity (Wildman–Crippen MR) is 134 cm³/mol. The van der Waals surface area contributed by atoms with Crippen molar-refractivity contribution in [2.24, 2.45) is 17.8 Å². The third-order valence-corrected chi connectivity index (χ3v) is 10.0. The van der Waals surface area contributed by atoms with Crippen LogP contribution in [0.3, 0.4) is 0 Å². The first-order valence-electron chi connectivity index (χ1n) is 13.0. The number of thioether (sulfide) groups is 1. The number of aliphatic hydroxyl groups is 1. The molecule has 2 bridgehead atoms. The summed E-state index contributed by atoms with van der Waals surface area (Å²) in [4.78, 5) is 44.9. The lowest BCUT2D eigenvalue weighted by atomic mass is 9.66. The number of nitrogens with zero attached hydrogens (tertiary/aromatic N) is 2. The lowest BCUT2D eigenvalue weighted by molar-refractivity contribution is -0.154. The number of likely N-dealkylation sites (tertiary alicyclic amines) is 1. The summed E-state index contributed by atoms with van der Waals surface area (Å²) in [5.41, 5.74) is 0. The van der Waals surface area contributed by atoms with Crippen LogP contribution >= 0.6 is 11.8 Å². The van der Waals surface area contributed by atoms with Crippen LogP contribution in [0.25, 0.3) is 0 Å². The molecule has 1 spiro atoms. The van der Waals surface area contributed by atoms with Gasteiger partial charge in [0.15, 0.2) is 0 Å². The fourth-order valence-electron chi connectivity index (χ4n) is 6.47. The van der Waals surface area contributed by atoms with Crippen LogP contribution in [0.15, 0.2) is 12.7 Å². The molecule has 3 saturated heterocycles. The van der Waals surface area contributed by atoms with Crippen molar-refractivity contribution in [3.63, 3.8) is 0 Å². The van der Waals surface area contributed by atoms with Crippen LogP contribution in [0, 0.1) is 17.8 Å². The zero-order chi connectivity index (χ0) is 25.0. The van der Waals surface area contributed by atoms with Crippen molar-refractivity contribution in [3.05, 3.63) is 12.7 Å². The molecule has 0 aromatic rings. The molecule has 4 unspecified atom stereocenters. The Bertz CT molecular complexity index is 776. The summed E-state index contributed by atoms with van der Waals surface area (Å²) in [5.74, 6) is -1.28. The van der Waals surface area contributed by atoms with Gasteiger partial charge in [-0.05, 0) is 51.9 Å². The van der Waals surface area contributed by atoms with E-state index in [9.17, 15) is 19.5 Å². The molecule has 0 aromatic carbocycles. The van der Waals surface area contributed by atoms with Gasteiger partial charge in [-0.25, -0.2) is 0 Å². The lowest BCUT2D eigenvalue weighted by Gasteiger charge is -2.41. The Balaban J connectivity index is 2.02. The number of ether oxygens (including phenoxy) is 1. The summed E-state index contributed by atoms with van der Waals surface area (Å²) in [7, 11) is 0. The number of carbonyl (C=O) groups excluding carboxylic acids is 3. The van der Waals surface area contributed by atoms with E-state index in [1.165, 1.54) is 0 Å². The summed E-state index contributed by atoms with van der Waals surface area (Å²) >= 11 is 1.69. The van der Waals surface area contributed by atoms with Gasteiger partial charge in [-0.3, -0.25) is 14.4 Å². The molecule has 0 aromatic heterocycles. The molecule has 3 aliphatic rings. The van der Waals surface area contributed by atoms with Crippen LogP contribution < -0.4 is 0 Å². The summed E-state index contributed by atoms with van der Waals surface area (Å²) in [6.45, 7) is 13.3. The minimum Gasteiger partial charge on any atom is -0.466 e. The Morgan fingerprint density at radius 3 is 2.71 bits per heavy atom. The van der Waals surface area contributed by atoms with E-state index >= 15 is 0 Å². The smallest absolute Gasteiger partial charge is 0.310 e. The van der Waals surface area contributed by atoms with Gasteiger partial charge in [-0.1, -0.05) is 26.3 Å². The van der Waals surface area contributed by atoms with Gasteiger partial charge in [0.1, 0.15) is 6.04 Å². The fraction of sp³-hybridized carbons (Fsp3) is 0.808. The molecule has 2 amide bonds. The minimum absolute atomic E-state index is 0.00996. The second kappa shape index (κ2) is 11.5. The monoisotopic (exact) mass is 494 g/mol. The normalized spacial score (nSPS) is 32.6. The molecule has 0 aliphatic carbocycles. The highest BCUT2D eigenvalue weighted by Gasteiger charge is 2.76. The first kappa shape index (κ1) is 27.1. The summed E-state index contributed by atoms with van der Waals surface area (Å²) < 4.78 is 4.80. The molecule has 7 nitrogen and oxygen atoms in total. The van der Waals surface area contributed by atoms with Crippen molar-refractivity contribution in [1.29, 1.82) is 0 Å². The number of esters is 1. The number of carbonyl (C=O) groups is 3. The largest absolute Gasteiger partial charge is 0.466 e. The van der Waals surface area contributed by atoms with Gasteiger partial charge in [0.05, 0.1) is 23.2 Å². The summed E-state index contributed by atoms with van der Waals surface area (Å²) in [6, 6.07) is -0.556. The van der Waals surface area contributed by atoms with Crippen molar-refractivity contribution < 1.29 is 24.2 Å². The number of rotatable bonds is 13. The van der Waals surface area contributed by atoms with Gasteiger partial charge in [0, 0.05) is 31.0 Å². The molecule has 7 atom stereocenters. The number of amides is 2. The Labute approximate surface area is 208 Å². The van der Waals surface area contributed by atoms with Crippen LogP contribution in [0.1, 0.15) is 66.2 Å². The highest BCUT2D eigenvalue weighted by Crippen LogP contribution is 2.68. The maximum absolute atomic E-state index is 14.3. The molecule has 3 heterocycles. The predicted octanol–water partition coefficient (Wildman–Crippen LogP) is 3.25. The number of hydrogen-bond donors (Lipinski definition) is 1. The van der Waals surface area contributed by atoms with E-state index < -0.39 is 22.6 Å². The first-order valence-corrected chi connectivity index (χ1v) is 13.8. The van der Waals surface area contributed by atoms with E-state index in [1.54, 1.807) is 29.7 Å². The molecule has 8 heteroatoms. The molecule has 1 N–H and O–H groups in total. The molecular weight excluding hydrogens is 452 g/mol. The van der Waals surface area contributed by atoms with Gasteiger partial charge in [-0.2, -0.15) is 0 Å². The minimum atomic E-state index is -0.613. The van der Waals surface area contributed by atoms with E-state index in [2.05, 4.69) is 27.4 Å². The fourth-order valence-corrected chi connectivity index (χ4v) is 8.88. The van der Waals surface area contributed by atoms with Gasteiger partial charge in [-0.15, -0.1) is 18.3 Å². The van der Waals surface area contributed by atoms with Crippen LogP contribution in [0.4, 0.5) is 0 Å². The van der Waals surface area contributed by atoms with Crippen LogP contribution in [0.5, 0.6) is 0 Å². The first-order chi connectivity index (χ1) is 16.3. The molecule has 0 saturated carbocycles. The molecular formula is C26H42N2O5S. The Morgan fingerprint density at radius 1 is 1.35 bits per heavy atom. The van der Waals surface area contributed by atoms with Crippen LogP contribution in [0.2, 0.25) is 0 Å². The van der Waals surface area contributed by atoms with Gasteiger partial charge < -0.3 is 19.6 Å². The van der Waals surface area contributed by atoms with E-state index in [1.807, 2.05) is 4.90 Å². The third kappa shape index (κ3) is 4.52. The second-order valence-electron chi connectivity index (χ2n) is 10.0. The van der Waals surface area contributed by atoms with Crippen LogP contribution in [-0.2, 0) is 19.1 Å². The number of hydrogen-bond acceptors (Lipinski definition) is 6. The van der Waals surface area contributed by atoms with Crippen molar-refractivity contribution in [1.82, 2.24) is 9.80 Å². The number of fused-ring (bicyclic) bond motifs is 1. The summed E-state index contributed by atoms with van der Waals surface area (Å²) in [6.07, 6.45) is 6.58. The van der Waals surface area contributed by atoms with Crippen molar-refractivity contribution >= 4 is 29.5 Å². The van der Waals surface area contributed by atoms with E-state index in [0.29, 0.717) is 19.5 Å². The maximum Gasteiger partial charge on any atom is 0.310 e. The Hall–Kier alpha value is -1.54. The zero-order valence-electron chi connectivity index (χ0n) is 21.2. The van der Waals surface area contributed by atoms with Crippen molar-refractivity contribution in [2.75, 3.05) is 26.3 Å². The topological polar surface area (TPSA) is 87.2 Å². The van der Waals surface area contributed by atoms with Crippen molar-refractivity contribution in [2.45, 2.75) is 88.3 Å². The zero-order valence-corrected chi connectivity index (χ0v) is 22.0. The Morgan fingerprint density at radius 2 is 2.09 bits per heavy atom. The molecule has 34 heavy (non-hydrogen) atoms. The maximum atomic E-state index is 14.3. The molecule has 3 rings (SSSR count). The molecule has 0 radical (unpaired) electrons. The lowest BCUT2D eigenvalue weighted by Crippen LogP contribution is -2.58. The highest BCUT2D eigenvalue weighted by molar-refractivity contribution is 8.02. The van der Waals surface area contributed by atoms with E-state index in [0.717, 1.165) is 32.1 Å². The quantitative estimate of drug-likeness (QED) is 0.240. The van der Waals surface area contributed by atoms with Gasteiger partial charge in [0.2, 0.25) is 11.8 Å². The average molecular weight is 495 g/mol. The number of unbranched alkanes of at least 4 members (excludes halogenated alkanes) is 2. The molecule has 3 aliphatic heterocycles. The van der Waals surface area contributed by atoms with E-state index in [-0.39, 0.29) is 48.2 Å². The Kier molecular flexibility index (Phi) is 9.12. The molecule has 192 valence electrons. The average Bonchev–Trinajstić information content (AvgIpc) is 3.39. The third-order valence-electron chi connectivity index (χ3n) is 7.94.